The van der Waals surface area contributed by atoms with Crippen molar-refractivity contribution >= 4 is 29.1 Å². The van der Waals surface area contributed by atoms with Gasteiger partial charge in [-0.05, 0) is 39.0 Å². The van der Waals surface area contributed by atoms with E-state index in [9.17, 15) is 4.79 Å². The second-order valence-electron chi connectivity index (χ2n) is 7.43. The Labute approximate surface area is 159 Å². The average Bonchev–Trinajstić information content (AvgIpc) is 2.61. The molecule has 0 spiro atoms. The minimum absolute atomic E-state index is 0.0296. The van der Waals surface area contributed by atoms with Crippen LogP contribution in [0.25, 0.3) is 0 Å². The molecule has 138 valence electrons. The minimum Gasteiger partial charge on any atom is -0.368 e. The van der Waals surface area contributed by atoms with E-state index in [1.165, 1.54) is 0 Å². The molecule has 1 aromatic heterocycles. The van der Waals surface area contributed by atoms with Crippen molar-refractivity contribution in [1.82, 2.24) is 14.9 Å². The van der Waals surface area contributed by atoms with Crippen LogP contribution in [0.4, 0.5) is 11.6 Å². The van der Waals surface area contributed by atoms with Crippen molar-refractivity contribution in [2.75, 3.05) is 36.4 Å². The van der Waals surface area contributed by atoms with E-state index in [1.807, 2.05) is 49.9 Å². The third-order valence-electron chi connectivity index (χ3n) is 4.13. The molecule has 1 aromatic carbocycles. The van der Waals surface area contributed by atoms with E-state index >= 15 is 0 Å². The average molecular weight is 374 g/mol. The zero-order chi connectivity index (χ0) is 18.7. The topological polar surface area (TPSA) is 61.4 Å². The van der Waals surface area contributed by atoms with Crippen LogP contribution in [0.2, 0.25) is 5.02 Å². The lowest BCUT2D eigenvalue weighted by molar-refractivity contribution is 0.0746. The predicted molar refractivity (Wildman–Crippen MR) is 105 cm³/mol. The summed E-state index contributed by atoms with van der Waals surface area (Å²) in [6.07, 6.45) is 3.18. The van der Waals surface area contributed by atoms with Gasteiger partial charge in [0.15, 0.2) is 0 Å². The molecular weight excluding hydrogens is 350 g/mol. The molecule has 0 bridgehead atoms. The first kappa shape index (κ1) is 18.5. The van der Waals surface area contributed by atoms with E-state index in [0.717, 1.165) is 23.8 Å². The maximum Gasteiger partial charge on any atom is 0.257 e. The van der Waals surface area contributed by atoms with Gasteiger partial charge in [-0.2, -0.15) is 0 Å². The summed E-state index contributed by atoms with van der Waals surface area (Å²) in [5, 5.41) is 3.91. The second kappa shape index (κ2) is 7.50. The van der Waals surface area contributed by atoms with Crippen LogP contribution < -0.4 is 10.2 Å². The zero-order valence-corrected chi connectivity index (χ0v) is 16.1. The molecule has 2 aromatic rings. The SMILES string of the molecule is CC(C)(C)Nc1ncc(C(=O)N2CCN(c3cccc(Cl)c3)CC2)cn1. The summed E-state index contributed by atoms with van der Waals surface area (Å²) in [5.74, 6) is 0.498. The molecule has 0 unspecified atom stereocenters. The summed E-state index contributed by atoms with van der Waals surface area (Å²) in [7, 11) is 0. The highest BCUT2D eigenvalue weighted by molar-refractivity contribution is 6.30. The van der Waals surface area contributed by atoms with Crippen LogP contribution >= 0.6 is 11.6 Å². The van der Waals surface area contributed by atoms with Crippen molar-refractivity contribution < 1.29 is 4.79 Å². The van der Waals surface area contributed by atoms with Crippen LogP contribution in [0.15, 0.2) is 36.7 Å². The number of nitrogens with zero attached hydrogens (tertiary/aromatic N) is 4. The number of anilines is 2. The standard InChI is InChI=1S/C19H24ClN5O/c1-19(2,3)23-18-21-12-14(13-22-18)17(26)25-9-7-24(8-10-25)16-6-4-5-15(20)11-16/h4-6,11-13H,7-10H2,1-3H3,(H,21,22,23). The number of nitrogens with one attached hydrogen (secondary N) is 1. The summed E-state index contributed by atoms with van der Waals surface area (Å²) in [5.41, 5.74) is 1.48. The van der Waals surface area contributed by atoms with Gasteiger partial charge in [0, 0.05) is 54.8 Å². The monoisotopic (exact) mass is 373 g/mol. The molecule has 0 aliphatic carbocycles. The van der Waals surface area contributed by atoms with Gasteiger partial charge in [-0.15, -0.1) is 0 Å². The normalized spacial score (nSPS) is 15.1. The number of hydrogen-bond donors (Lipinski definition) is 1. The van der Waals surface area contributed by atoms with Gasteiger partial charge in [0.05, 0.1) is 5.56 Å². The largest absolute Gasteiger partial charge is 0.368 e. The van der Waals surface area contributed by atoms with Crippen LogP contribution in [0.3, 0.4) is 0 Å². The predicted octanol–water partition coefficient (Wildman–Crippen LogP) is 3.30. The number of carbonyl (C=O) groups excluding carboxylic acids is 1. The molecule has 0 radical (unpaired) electrons. The number of halogens is 1. The molecular formula is C19H24ClN5O. The fourth-order valence-electron chi connectivity index (χ4n) is 2.86. The lowest BCUT2D eigenvalue weighted by atomic mass is 10.1. The number of piperazine rings is 1. The van der Waals surface area contributed by atoms with E-state index in [-0.39, 0.29) is 11.4 Å². The van der Waals surface area contributed by atoms with E-state index in [1.54, 1.807) is 12.4 Å². The Bertz CT molecular complexity index is 764. The fraction of sp³-hybridized carbons (Fsp3) is 0.421. The lowest BCUT2D eigenvalue weighted by Crippen LogP contribution is -2.48. The van der Waals surface area contributed by atoms with Gasteiger partial charge in [0.1, 0.15) is 0 Å². The van der Waals surface area contributed by atoms with Gasteiger partial charge >= 0.3 is 0 Å². The molecule has 0 saturated carbocycles. The molecule has 0 atom stereocenters. The lowest BCUT2D eigenvalue weighted by Gasteiger charge is -2.36. The van der Waals surface area contributed by atoms with Gasteiger partial charge in [0.25, 0.3) is 5.91 Å². The van der Waals surface area contributed by atoms with Gasteiger partial charge in [-0.25, -0.2) is 9.97 Å². The summed E-state index contributed by atoms with van der Waals surface area (Å²) < 4.78 is 0. The van der Waals surface area contributed by atoms with Gasteiger partial charge in [-0.3, -0.25) is 4.79 Å². The fourth-order valence-corrected chi connectivity index (χ4v) is 3.05. The first-order valence-electron chi connectivity index (χ1n) is 8.72. The van der Waals surface area contributed by atoms with Crippen molar-refractivity contribution in [3.63, 3.8) is 0 Å². The van der Waals surface area contributed by atoms with Crippen molar-refractivity contribution in [2.45, 2.75) is 26.3 Å². The maximum absolute atomic E-state index is 12.7. The molecule has 2 heterocycles. The Morgan fingerprint density at radius 2 is 1.77 bits per heavy atom. The third kappa shape index (κ3) is 4.64. The van der Waals surface area contributed by atoms with Crippen LogP contribution in [-0.2, 0) is 0 Å². The highest BCUT2D eigenvalue weighted by Crippen LogP contribution is 2.21. The first-order valence-corrected chi connectivity index (χ1v) is 9.10. The second-order valence-corrected chi connectivity index (χ2v) is 7.87. The Balaban J connectivity index is 1.60. The quantitative estimate of drug-likeness (QED) is 0.894. The van der Waals surface area contributed by atoms with E-state index < -0.39 is 0 Å². The van der Waals surface area contributed by atoms with Gasteiger partial charge < -0.3 is 15.1 Å². The van der Waals surface area contributed by atoms with Crippen molar-refractivity contribution in [3.8, 4) is 0 Å². The zero-order valence-electron chi connectivity index (χ0n) is 15.4. The van der Waals surface area contributed by atoms with E-state index in [2.05, 4.69) is 20.2 Å². The van der Waals surface area contributed by atoms with Crippen LogP contribution in [0.5, 0.6) is 0 Å². The number of rotatable bonds is 3. The summed E-state index contributed by atoms with van der Waals surface area (Å²) in [6, 6.07) is 7.80. The molecule has 7 heteroatoms. The Hall–Kier alpha value is -2.34. The van der Waals surface area contributed by atoms with Crippen molar-refractivity contribution in [2.24, 2.45) is 0 Å². The molecule has 1 fully saturated rings. The molecule has 1 aliphatic heterocycles. The van der Waals surface area contributed by atoms with Gasteiger partial charge in [-0.1, -0.05) is 17.7 Å². The Morgan fingerprint density at radius 3 is 2.35 bits per heavy atom. The summed E-state index contributed by atoms with van der Waals surface area (Å²) in [4.78, 5) is 25.3. The van der Waals surface area contributed by atoms with Crippen LogP contribution in [0, 0.1) is 0 Å². The minimum atomic E-state index is -0.123. The highest BCUT2D eigenvalue weighted by Gasteiger charge is 2.23. The first-order chi connectivity index (χ1) is 12.3. The number of hydrogen-bond acceptors (Lipinski definition) is 5. The highest BCUT2D eigenvalue weighted by atomic mass is 35.5. The number of aromatic nitrogens is 2. The van der Waals surface area contributed by atoms with Crippen molar-refractivity contribution in [3.05, 3.63) is 47.2 Å². The number of carbonyl (C=O) groups is 1. The summed E-state index contributed by atoms with van der Waals surface area (Å²) in [6.45, 7) is 8.98. The number of amides is 1. The van der Waals surface area contributed by atoms with E-state index in [0.29, 0.717) is 24.6 Å². The van der Waals surface area contributed by atoms with Crippen molar-refractivity contribution in [1.29, 1.82) is 0 Å². The third-order valence-corrected chi connectivity index (χ3v) is 4.36. The molecule has 6 nitrogen and oxygen atoms in total. The molecule has 1 N–H and O–H groups in total. The smallest absolute Gasteiger partial charge is 0.257 e. The molecule has 3 rings (SSSR count). The van der Waals surface area contributed by atoms with E-state index in [4.69, 9.17) is 11.6 Å². The molecule has 1 aliphatic rings. The Kier molecular flexibility index (Phi) is 5.32. The van der Waals surface area contributed by atoms with Crippen LogP contribution in [0.1, 0.15) is 31.1 Å². The van der Waals surface area contributed by atoms with Crippen LogP contribution in [-0.4, -0.2) is 52.5 Å². The molecule has 1 saturated heterocycles. The molecule has 26 heavy (non-hydrogen) atoms. The summed E-state index contributed by atoms with van der Waals surface area (Å²) >= 11 is 6.07. The molecule has 1 amide bonds. The van der Waals surface area contributed by atoms with Gasteiger partial charge in [0.2, 0.25) is 5.95 Å². The number of benzene rings is 1. The Morgan fingerprint density at radius 1 is 1.12 bits per heavy atom. The maximum atomic E-state index is 12.7.